The van der Waals surface area contributed by atoms with Gasteiger partial charge < -0.3 is 4.98 Å². The lowest BCUT2D eigenvalue weighted by atomic mass is 9.81. The molecule has 0 radical (unpaired) electrons. The third-order valence-electron chi connectivity index (χ3n) is 4.70. The number of fused-ring (bicyclic) bond motifs is 2. The average Bonchev–Trinajstić information content (AvgIpc) is 2.57. The largest absolute Gasteiger partial charge is 0.356 e. The first-order chi connectivity index (χ1) is 12.4. The maximum absolute atomic E-state index is 12.9. The number of halogens is 4. The number of pyridine rings is 1. The van der Waals surface area contributed by atoms with Gasteiger partial charge in [-0.05, 0) is 42.2 Å². The molecule has 0 fully saturated rings. The molecule has 3 nitrogen and oxygen atoms in total. The molecule has 0 spiro atoms. The summed E-state index contributed by atoms with van der Waals surface area (Å²) in [6.45, 7) is 0. The van der Waals surface area contributed by atoms with Gasteiger partial charge in [0.05, 0.1) is 26.5 Å². The summed E-state index contributed by atoms with van der Waals surface area (Å²) in [5, 5.41) is 1.92. The van der Waals surface area contributed by atoms with Gasteiger partial charge in [0.15, 0.2) is 5.78 Å². The number of hydrogen-bond acceptors (Lipinski definition) is 2. The van der Waals surface area contributed by atoms with Crippen LogP contribution in [0.2, 0.25) is 20.1 Å². The number of aromatic amines is 1. The number of hydrogen-bond donors (Lipinski definition) is 1. The summed E-state index contributed by atoms with van der Waals surface area (Å²) < 4.78 is 0. The van der Waals surface area contributed by atoms with Crippen LogP contribution in [0.5, 0.6) is 0 Å². The molecule has 0 bridgehead atoms. The van der Waals surface area contributed by atoms with Crippen molar-refractivity contribution in [2.75, 3.05) is 0 Å². The van der Waals surface area contributed by atoms with Gasteiger partial charge in [0.2, 0.25) is 5.43 Å². The fourth-order valence-electron chi connectivity index (χ4n) is 3.52. The van der Waals surface area contributed by atoms with Crippen molar-refractivity contribution in [1.82, 2.24) is 4.98 Å². The lowest BCUT2D eigenvalue weighted by Crippen LogP contribution is -2.28. The van der Waals surface area contributed by atoms with E-state index in [-0.39, 0.29) is 39.5 Å². The summed E-state index contributed by atoms with van der Waals surface area (Å²) in [6, 6.07) is 8.38. The van der Waals surface area contributed by atoms with Gasteiger partial charge in [0.1, 0.15) is 0 Å². The van der Waals surface area contributed by atoms with E-state index in [0.717, 1.165) is 5.56 Å². The molecule has 1 unspecified atom stereocenters. The summed E-state index contributed by atoms with van der Waals surface area (Å²) >= 11 is 24.7. The predicted octanol–water partition coefficient (Wildman–Crippen LogP) is 6.05. The molecular formula is C19H11Cl4NO2. The van der Waals surface area contributed by atoms with Gasteiger partial charge >= 0.3 is 0 Å². The lowest BCUT2D eigenvalue weighted by molar-refractivity contribution is 0.0962. The average molecular weight is 427 g/mol. The minimum absolute atomic E-state index is 0.147. The fraction of sp³-hybridized carbons (Fsp3) is 0.158. The molecule has 1 aliphatic carbocycles. The Balaban J connectivity index is 1.90. The highest BCUT2D eigenvalue weighted by atomic mass is 35.5. The van der Waals surface area contributed by atoms with Crippen LogP contribution in [-0.2, 0) is 6.42 Å². The first kappa shape index (κ1) is 17.9. The zero-order valence-corrected chi connectivity index (χ0v) is 16.2. The summed E-state index contributed by atoms with van der Waals surface area (Å²) in [5.41, 5.74) is 1.60. The van der Waals surface area contributed by atoms with Crippen LogP contribution in [-0.4, -0.2) is 10.8 Å². The van der Waals surface area contributed by atoms with Crippen LogP contribution in [0.15, 0.2) is 35.1 Å². The Kier molecular flexibility index (Phi) is 4.52. The number of aromatic nitrogens is 1. The standard InChI is InChI=1S/C19H11Cl4NO2/c20-9-1-2-10(13(23)7-9)8-5-14-17(15(25)6-8)19(26)16-11(21)3-4-12(22)18(16)24-14/h1-4,7-8H,5-6H2,(H,24,26). The molecule has 0 saturated carbocycles. The SMILES string of the molecule is O=C1CC(c2ccc(Cl)cc2Cl)Cc2[nH]c3c(Cl)ccc(Cl)c3c(=O)c21. The Morgan fingerprint density at radius 2 is 1.62 bits per heavy atom. The first-order valence-electron chi connectivity index (χ1n) is 7.88. The van der Waals surface area contributed by atoms with E-state index in [1.54, 1.807) is 24.3 Å². The lowest BCUT2D eigenvalue weighted by Gasteiger charge is -2.25. The highest BCUT2D eigenvalue weighted by molar-refractivity contribution is 6.40. The van der Waals surface area contributed by atoms with Crippen molar-refractivity contribution in [3.63, 3.8) is 0 Å². The van der Waals surface area contributed by atoms with Crippen molar-refractivity contribution in [3.05, 3.63) is 77.5 Å². The highest BCUT2D eigenvalue weighted by Gasteiger charge is 2.31. The van der Waals surface area contributed by atoms with Gasteiger partial charge in [-0.25, -0.2) is 0 Å². The van der Waals surface area contributed by atoms with E-state index in [1.165, 1.54) is 0 Å². The molecule has 3 aromatic rings. The van der Waals surface area contributed by atoms with E-state index in [0.29, 0.717) is 32.7 Å². The molecule has 1 N–H and O–H groups in total. The Morgan fingerprint density at radius 3 is 2.35 bits per heavy atom. The number of carbonyl (C=O) groups is 1. The molecule has 0 aliphatic heterocycles. The molecule has 1 aromatic heterocycles. The number of rotatable bonds is 1. The fourth-order valence-corrected chi connectivity index (χ4v) is 4.53. The van der Waals surface area contributed by atoms with Crippen molar-refractivity contribution >= 4 is 63.1 Å². The third-order valence-corrected chi connectivity index (χ3v) is 5.89. The molecule has 1 aliphatic rings. The second kappa shape index (κ2) is 6.58. The van der Waals surface area contributed by atoms with Gasteiger partial charge in [-0.15, -0.1) is 0 Å². The maximum atomic E-state index is 12.9. The zero-order valence-electron chi connectivity index (χ0n) is 13.2. The molecule has 1 atom stereocenters. The van der Waals surface area contributed by atoms with Crippen LogP contribution in [0.1, 0.15) is 34.0 Å². The van der Waals surface area contributed by atoms with Crippen molar-refractivity contribution < 1.29 is 4.79 Å². The molecule has 0 amide bonds. The summed E-state index contributed by atoms with van der Waals surface area (Å²) in [7, 11) is 0. The smallest absolute Gasteiger partial charge is 0.202 e. The zero-order chi connectivity index (χ0) is 18.6. The van der Waals surface area contributed by atoms with E-state index in [4.69, 9.17) is 46.4 Å². The second-order valence-electron chi connectivity index (χ2n) is 6.28. The van der Waals surface area contributed by atoms with Crippen molar-refractivity contribution in [2.24, 2.45) is 0 Å². The number of ketones is 1. The van der Waals surface area contributed by atoms with Crippen LogP contribution < -0.4 is 5.43 Å². The Morgan fingerprint density at radius 1 is 0.885 bits per heavy atom. The molecule has 2 aromatic carbocycles. The quantitative estimate of drug-likeness (QED) is 0.514. The molecule has 1 heterocycles. The molecule has 4 rings (SSSR count). The summed E-state index contributed by atoms with van der Waals surface area (Å²) in [5.74, 6) is -0.382. The third kappa shape index (κ3) is 2.84. The predicted molar refractivity (Wildman–Crippen MR) is 106 cm³/mol. The number of nitrogens with one attached hydrogen (secondary N) is 1. The minimum atomic E-state index is -0.382. The maximum Gasteiger partial charge on any atom is 0.202 e. The molecular weight excluding hydrogens is 416 g/mol. The Bertz CT molecular complexity index is 1140. The van der Waals surface area contributed by atoms with E-state index >= 15 is 0 Å². The van der Waals surface area contributed by atoms with Gasteiger partial charge in [-0.3, -0.25) is 9.59 Å². The molecule has 26 heavy (non-hydrogen) atoms. The number of benzene rings is 2. The van der Waals surface area contributed by atoms with Crippen molar-refractivity contribution in [3.8, 4) is 0 Å². The second-order valence-corrected chi connectivity index (χ2v) is 7.94. The van der Waals surface area contributed by atoms with E-state index in [9.17, 15) is 9.59 Å². The first-order valence-corrected chi connectivity index (χ1v) is 9.39. The van der Waals surface area contributed by atoms with Gasteiger partial charge in [-0.2, -0.15) is 0 Å². The summed E-state index contributed by atoms with van der Waals surface area (Å²) in [4.78, 5) is 28.8. The molecule has 0 saturated heterocycles. The van der Waals surface area contributed by atoms with Crippen LogP contribution in [0.4, 0.5) is 0 Å². The number of Topliss-reactive ketones (excluding diaryl/α,β-unsaturated/α-hetero) is 1. The molecule has 132 valence electrons. The van der Waals surface area contributed by atoms with Crippen LogP contribution >= 0.6 is 46.4 Å². The van der Waals surface area contributed by atoms with Crippen LogP contribution in [0.3, 0.4) is 0 Å². The van der Waals surface area contributed by atoms with Crippen LogP contribution in [0, 0.1) is 0 Å². The summed E-state index contributed by atoms with van der Waals surface area (Å²) in [6.07, 6.45) is 0.664. The van der Waals surface area contributed by atoms with Gasteiger partial charge in [-0.1, -0.05) is 52.5 Å². The van der Waals surface area contributed by atoms with Gasteiger partial charge in [0.25, 0.3) is 0 Å². The van der Waals surface area contributed by atoms with E-state index in [2.05, 4.69) is 4.98 Å². The van der Waals surface area contributed by atoms with Crippen molar-refractivity contribution in [1.29, 1.82) is 0 Å². The Labute approximate surface area is 168 Å². The Hall–Kier alpha value is -1.52. The monoisotopic (exact) mass is 425 g/mol. The van der Waals surface area contributed by atoms with Crippen molar-refractivity contribution in [2.45, 2.75) is 18.8 Å². The van der Waals surface area contributed by atoms with Crippen LogP contribution in [0.25, 0.3) is 10.9 Å². The van der Waals surface area contributed by atoms with E-state index in [1.807, 2.05) is 6.07 Å². The number of H-pyrrole nitrogens is 1. The minimum Gasteiger partial charge on any atom is -0.356 e. The normalized spacial score (nSPS) is 16.8. The molecule has 7 heteroatoms. The number of carbonyl (C=O) groups excluding carboxylic acids is 1. The van der Waals surface area contributed by atoms with Gasteiger partial charge in [0, 0.05) is 22.2 Å². The highest BCUT2D eigenvalue weighted by Crippen LogP contribution is 2.37. The van der Waals surface area contributed by atoms with E-state index < -0.39 is 0 Å². The topological polar surface area (TPSA) is 49.9 Å².